The summed E-state index contributed by atoms with van der Waals surface area (Å²) in [5.41, 5.74) is 2.76. The van der Waals surface area contributed by atoms with Gasteiger partial charge in [-0.1, -0.05) is 11.6 Å². The molecule has 24 heavy (non-hydrogen) atoms. The molecule has 7 nitrogen and oxygen atoms in total. The molecule has 0 saturated heterocycles. The van der Waals surface area contributed by atoms with Crippen LogP contribution in [0.1, 0.15) is 5.56 Å². The molecule has 0 spiro atoms. The number of benzene rings is 2. The first-order valence-corrected chi connectivity index (χ1v) is 8.36. The fourth-order valence-electron chi connectivity index (χ4n) is 1.59. The molecule has 9 heteroatoms. The van der Waals surface area contributed by atoms with E-state index >= 15 is 0 Å². The predicted molar refractivity (Wildman–Crippen MR) is 88.8 cm³/mol. The highest BCUT2D eigenvalue weighted by atomic mass is 35.5. The molecule has 0 aromatic heterocycles. The minimum absolute atomic E-state index is 0.000169. The third-order valence-corrected chi connectivity index (χ3v) is 4.26. The van der Waals surface area contributed by atoms with Crippen molar-refractivity contribution in [2.45, 2.75) is 4.90 Å². The second-order valence-electron chi connectivity index (χ2n) is 4.42. The average Bonchev–Trinajstić information content (AvgIpc) is 2.56. The van der Waals surface area contributed by atoms with Gasteiger partial charge in [-0.15, -0.1) is 0 Å². The molecule has 2 aromatic carbocycles. The topological polar surface area (TPSA) is 94.1 Å². The van der Waals surface area contributed by atoms with Gasteiger partial charge in [0, 0.05) is 5.02 Å². The zero-order chi connectivity index (χ0) is 17.6. The molecule has 2 rings (SSSR count). The van der Waals surface area contributed by atoms with Gasteiger partial charge in [-0.25, -0.2) is 10.2 Å². The average molecular weight is 369 g/mol. The third-order valence-electron chi connectivity index (χ3n) is 2.74. The van der Waals surface area contributed by atoms with E-state index in [4.69, 9.17) is 15.8 Å². The Hall–Kier alpha value is -2.58. The van der Waals surface area contributed by atoms with Gasteiger partial charge in [-0.05, 0) is 54.1 Å². The number of ether oxygens (including phenoxy) is 1. The van der Waals surface area contributed by atoms with Gasteiger partial charge < -0.3 is 8.92 Å². The van der Waals surface area contributed by atoms with Crippen LogP contribution in [0.15, 0.2) is 58.5 Å². The van der Waals surface area contributed by atoms with Gasteiger partial charge in [-0.2, -0.15) is 13.5 Å². The van der Waals surface area contributed by atoms with Crippen LogP contribution in [0.2, 0.25) is 5.02 Å². The van der Waals surface area contributed by atoms with Crippen LogP contribution in [0, 0.1) is 0 Å². The van der Waals surface area contributed by atoms with E-state index < -0.39 is 16.2 Å². The molecular weight excluding hydrogens is 356 g/mol. The molecule has 1 amide bonds. The number of nitrogens with zero attached hydrogens (tertiary/aromatic N) is 1. The molecule has 0 aliphatic rings. The van der Waals surface area contributed by atoms with Crippen LogP contribution in [-0.4, -0.2) is 27.8 Å². The number of hydrazone groups is 1. The van der Waals surface area contributed by atoms with Crippen LogP contribution in [0.25, 0.3) is 0 Å². The molecule has 0 atom stereocenters. The summed E-state index contributed by atoms with van der Waals surface area (Å²) in [7, 11) is -2.72. The van der Waals surface area contributed by atoms with E-state index in [0.717, 1.165) is 0 Å². The smallest absolute Gasteiger partial charge is 0.427 e. The molecule has 0 aliphatic heterocycles. The van der Waals surface area contributed by atoms with Gasteiger partial charge in [0.05, 0.1) is 13.3 Å². The Morgan fingerprint density at radius 2 is 1.75 bits per heavy atom. The van der Waals surface area contributed by atoms with Crippen molar-refractivity contribution in [3.8, 4) is 5.75 Å². The first kappa shape index (κ1) is 17.8. The van der Waals surface area contributed by atoms with Crippen molar-refractivity contribution in [2.75, 3.05) is 7.11 Å². The standard InChI is InChI=1S/C15H13ClN2O5S/c1-22-15(19)18-17-10-11-2-6-13(7-3-11)23-24(20,21)14-8-4-12(16)5-9-14/h2-10H,1H3,(H,18,19). The van der Waals surface area contributed by atoms with Crippen molar-refractivity contribution < 1.29 is 22.1 Å². The largest absolute Gasteiger partial charge is 0.452 e. The highest BCUT2D eigenvalue weighted by molar-refractivity contribution is 7.87. The summed E-state index contributed by atoms with van der Waals surface area (Å²) >= 11 is 5.73. The Morgan fingerprint density at radius 3 is 2.33 bits per heavy atom. The highest BCUT2D eigenvalue weighted by Crippen LogP contribution is 2.20. The molecule has 126 valence electrons. The lowest BCUT2D eigenvalue weighted by Crippen LogP contribution is -2.16. The van der Waals surface area contributed by atoms with Crippen LogP contribution in [0.3, 0.4) is 0 Å². The van der Waals surface area contributed by atoms with Crippen LogP contribution in [0.5, 0.6) is 5.75 Å². The van der Waals surface area contributed by atoms with Crippen molar-refractivity contribution in [3.63, 3.8) is 0 Å². The van der Waals surface area contributed by atoms with Crippen molar-refractivity contribution in [3.05, 3.63) is 59.1 Å². The fourth-order valence-corrected chi connectivity index (χ4v) is 2.65. The molecule has 0 bridgehead atoms. The monoisotopic (exact) mass is 368 g/mol. The number of carbonyl (C=O) groups excluding carboxylic acids is 1. The first-order chi connectivity index (χ1) is 11.4. The summed E-state index contributed by atoms with van der Waals surface area (Å²) < 4.78 is 33.6. The summed E-state index contributed by atoms with van der Waals surface area (Å²) in [6.45, 7) is 0. The van der Waals surface area contributed by atoms with Crippen molar-refractivity contribution >= 4 is 34.0 Å². The molecule has 0 aliphatic carbocycles. The Kier molecular flexibility index (Phi) is 5.78. The zero-order valence-corrected chi connectivity index (χ0v) is 14.0. The summed E-state index contributed by atoms with van der Waals surface area (Å²) in [4.78, 5) is 10.8. The van der Waals surface area contributed by atoms with Gasteiger partial charge in [0.2, 0.25) is 0 Å². The third kappa shape index (κ3) is 4.97. The SMILES string of the molecule is COC(=O)NN=Cc1ccc(OS(=O)(=O)c2ccc(Cl)cc2)cc1. The van der Waals surface area contributed by atoms with Crippen LogP contribution in [-0.2, 0) is 14.9 Å². The van der Waals surface area contributed by atoms with Gasteiger partial charge in [-0.3, -0.25) is 0 Å². The normalized spacial score (nSPS) is 11.2. The highest BCUT2D eigenvalue weighted by Gasteiger charge is 2.16. The number of rotatable bonds is 5. The summed E-state index contributed by atoms with van der Waals surface area (Å²) in [5.74, 6) is 0.142. The Balaban J connectivity index is 2.05. The van der Waals surface area contributed by atoms with Crippen molar-refractivity contribution in [1.82, 2.24) is 5.43 Å². The Morgan fingerprint density at radius 1 is 1.12 bits per heavy atom. The molecule has 0 radical (unpaired) electrons. The lowest BCUT2D eigenvalue weighted by atomic mass is 10.2. The van der Waals surface area contributed by atoms with E-state index in [1.165, 1.54) is 49.7 Å². The van der Waals surface area contributed by atoms with Crippen LogP contribution < -0.4 is 9.61 Å². The number of amides is 1. The Labute approximate surface area is 144 Å². The summed E-state index contributed by atoms with van der Waals surface area (Å²) in [5, 5.41) is 4.08. The lowest BCUT2D eigenvalue weighted by Gasteiger charge is -2.07. The predicted octanol–water partition coefficient (Wildman–Crippen LogP) is 2.80. The van der Waals surface area contributed by atoms with E-state index in [2.05, 4.69) is 15.3 Å². The maximum Gasteiger partial charge on any atom is 0.427 e. The molecule has 1 N–H and O–H groups in total. The molecule has 0 unspecified atom stereocenters. The van der Waals surface area contributed by atoms with Crippen molar-refractivity contribution in [1.29, 1.82) is 0 Å². The molecule has 0 saturated carbocycles. The number of hydrogen-bond donors (Lipinski definition) is 1. The lowest BCUT2D eigenvalue weighted by molar-refractivity contribution is 0.171. The van der Waals surface area contributed by atoms with E-state index in [-0.39, 0.29) is 10.6 Å². The maximum absolute atomic E-state index is 12.1. The quantitative estimate of drug-likeness (QED) is 0.497. The minimum Gasteiger partial charge on any atom is -0.452 e. The van der Waals surface area contributed by atoms with E-state index in [0.29, 0.717) is 10.6 Å². The second-order valence-corrected chi connectivity index (χ2v) is 6.40. The number of nitrogens with one attached hydrogen (secondary N) is 1. The fraction of sp³-hybridized carbons (Fsp3) is 0.0667. The number of hydrogen-bond acceptors (Lipinski definition) is 6. The second kappa shape index (κ2) is 7.80. The number of carbonyl (C=O) groups is 1. The molecule has 2 aromatic rings. The van der Waals surface area contributed by atoms with Crippen molar-refractivity contribution in [2.24, 2.45) is 5.10 Å². The zero-order valence-electron chi connectivity index (χ0n) is 12.5. The molecule has 0 heterocycles. The van der Waals surface area contributed by atoms with Crippen LogP contribution >= 0.6 is 11.6 Å². The summed E-state index contributed by atoms with van der Waals surface area (Å²) in [6.07, 6.45) is 0.675. The maximum atomic E-state index is 12.1. The summed E-state index contributed by atoms with van der Waals surface area (Å²) in [6, 6.07) is 11.7. The van der Waals surface area contributed by atoms with E-state index in [1.807, 2.05) is 0 Å². The van der Waals surface area contributed by atoms with Gasteiger partial charge in [0.25, 0.3) is 0 Å². The Bertz CT molecular complexity index is 833. The van der Waals surface area contributed by atoms with E-state index in [9.17, 15) is 13.2 Å². The van der Waals surface area contributed by atoms with Crippen LogP contribution in [0.4, 0.5) is 4.79 Å². The number of methoxy groups -OCH3 is 1. The van der Waals surface area contributed by atoms with Gasteiger partial charge >= 0.3 is 16.2 Å². The molecular formula is C15H13ClN2O5S. The van der Waals surface area contributed by atoms with Gasteiger partial charge in [0.1, 0.15) is 10.6 Å². The first-order valence-electron chi connectivity index (χ1n) is 6.58. The number of halogens is 1. The minimum atomic E-state index is -3.94. The molecule has 0 fully saturated rings. The van der Waals surface area contributed by atoms with Gasteiger partial charge in [0.15, 0.2) is 0 Å². The van der Waals surface area contributed by atoms with E-state index in [1.54, 1.807) is 12.1 Å².